The van der Waals surface area contributed by atoms with Crippen LogP contribution in [0.2, 0.25) is 0 Å². The molecular formula is C19H24N2O. The summed E-state index contributed by atoms with van der Waals surface area (Å²) in [6.45, 7) is 3.78. The number of nitrogens with zero attached hydrogens (tertiary/aromatic N) is 2. The zero-order valence-corrected chi connectivity index (χ0v) is 13.0. The van der Waals surface area contributed by atoms with Crippen molar-refractivity contribution in [1.29, 1.82) is 0 Å². The predicted octanol–water partition coefficient (Wildman–Crippen LogP) is 2.94. The number of benzene rings is 1. The topological polar surface area (TPSA) is 23.6 Å². The highest BCUT2D eigenvalue weighted by Crippen LogP contribution is 2.44. The highest BCUT2D eigenvalue weighted by atomic mass is 16.2. The average molecular weight is 296 g/mol. The maximum absolute atomic E-state index is 12.9. The average Bonchev–Trinajstić information content (AvgIpc) is 3.11. The van der Waals surface area contributed by atoms with Crippen molar-refractivity contribution in [3.05, 3.63) is 42.5 Å². The van der Waals surface area contributed by atoms with E-state index in [1.807, 2.05) is 0 Å². The van der Waals surface area contributed by atoms with Gasteiger partial charge in [0.1, 0.15) is 0 Å². The quantitative estimate of drug-likeness (QED) is 0.783. The van der Waals surface area contributed by atoms with Crippen LogP contribution in [0.5, 0.6) is 0 Å². The number of rotatable bonds is 2. The maximum atomic E-state index is 12.9. The third-order valence-corrected chi connectivity index (χ3v) is 5.53. The summed E-state index contributed by atoms with van der Waals surface area (Å²) in [5.41, 5.74) is 1.28. The highest BCUT2D eigenvalue weighted by Gasteiger charge is 2.41. The van der Waals surface area contributed by atoms with Crippen molar-refractivity contribution >= 4 is 11.6 Å². The van der Waals surface area contributed by atoms with Gasteiger partial charge in [-0.15, -0.1) is 0 Å². The van der Waals surface area contributed by atoms with E-state index >= 15 is 0 Å². The molecule has 1 aliphatic heterocycles. The second-order valence-electron chi connectivity index (χ2n) is 6.89. The van der Waals surface area contributed by atoms with E-state index in [0.29, 0.717) is 17.7 Å². The van der Waals surface area contributed by atoms with Crippen LogP contribution in [-0.4, -0.2) is 37.0 Å². The van der Waals surface area contributed by atoms with E-state index in [0.717, 1.165) is 39.0 Å². The van der Waals surface area contributed by atoms with Gasteiger partial charge < -0.3 is 9.80 Å². The molecule has 2 bridgehead atoms. The fourth-order valence-corrected chi connectivity index (χ4v) is 4.33. The van der Waals surface area contributed by atoms with Gasteiger partial charge in [0, 0.05) is 37.8 Å². The molecule has 1 saturated carbocycles. The number of fused-ring (bicyclic) bond motifs is 2. The van der Waals surface area contributed by atoms with Crippen LogP contribution in [0, 0.1) is 17.8 Å². The van der Waals surface area contributed by atoms with Crippen LogP contribution >= 0.6 is 0 Å². The lowest BCUT2D eigenvalue weighted by Gasteiger charge is -2.27. The van der Waals surface area contributed by atoms with Crippen molar-refractivity contribution in [2.45, 2.75) is 19.3 Å². The van der Waals surface area contributed by atoms with Gasteiger partial charge in [0.25, 0.3) is 0 Å². The molecule has 1 saturated heterocycles. The summed E-state index contributed by atoms with van der Waals surface area (Å²) in [4.78, 5) is 17.4. The van der Waals surface area contributed by atoms with Crippen molar-refractivity contribution in [2.75, 3.05) is 31.1 Å². The Bertz CT molecular complexity index is 568. The van der Waals surface area contributed by atoms with Crippen LogP contribution in [0.25, 0.3) is 0 Å². The Balaban J connectivity index is 1.40. The third-order valence-electron chi connectivity index (χ3n) is 5.53. The van der Waals surface area contributed by atoms with E-state index in [1.54, 1.807) is 0 Å². The second-order valence-corrected chi connectivity index (χ2v) is 6.89. The van der Waals surface area contributed by atoms with Crippen LogP contribution in [0.15, 0.2) is 42.5 Å². The molecule has 0 radical (unpaired) electrons. The van der Waals surface area contributed by atoms with E-state index in [9.17, 15) is 4.79 Å². The summed E-state index contributed by atoms with van der Waals surface area (Å²) in [5.74, 6) is 1.86. The smallest absolute Gasteiger partial charge is 0.226 e. The van der Waals surface area contributed by atoms with E-state index in [1.165, 1.54) is 12.1 Å². The molecule has 3 aliphatic rings. The Morgan fingerprint density at radius 1 is 0.955 bits per heavy atom. The lowest BCUT2D eigenvalue weighted by Crippen LogP contribution is -2.40. The Labute approximate surface area is 132 Å². The third kappa shape index (κ3) is 2.53. The molecule has 1 aromatic carbocycles. The molecule has 0 spiro atoms. The first kappa shape index (κ1) is 13.9. The van der Waals surface area contributed by atoms with E-state index in [-0.39, 0.29) is 5.92 Å². The number of allylic oxidation sites excluding steroid dienone is 2. The first-order valence-corrected chi connectivity index (χ1v) is 8.58. The molecule has 4 rings (SSSR count). The van der Waals surface area contributed by atoms with Crippen molar-refractivity contribution in [3.63, 3.8) is 0 Å². The predicted molar refractivity (Wildman–Crippen MR) is 88.7 cm³/mol. The molecule has 0 N–H and O–H groups in total. The summed E-state index contributed by atoms with van der Waals surface area (Å²) in [5, 5.41) is 0. The Hall–Kier alpha value is -1.77. The molecule has 0 unspecified atom stereocenters. The summed E-state index contributed by atoms with van der Waals surface area (Å²) in [6, 6.07) is 10.6. The lowest BCUT2D eigenvalue weighted by atomic mass is 9.92. The minimum absolute atomic E-state index is 0.262. The molecule has 1 heterocycles. The van der Waals surface area contributed by atoms with Gasteiger partial charge in [-0.3, -0.25) is 4.79 Å². The fraction of sp³-hybridized carbons (Fsp3) is 0.526. The number of para-hydroxylation sites is 1. The van der Waals surface area contributed by atoms with E-state index in [2.05, 4.69) is 52.3 Å². The standard InChI is InChI=1S/C19H24N2O/c22-19(18-14-15-7-8-16(18)13-15)21-10-4-9-20(11-12-21)17-5-2-1-3-6-17/h1-3,5-8,15-16,18H,4,9-14H2/t15-,16-,18+/m0/s1. The van der Waals surface area contributed by atoms with Crippen LogP contribution in [0.4, 0.5) is 5.69 Å². The normalized spacial score (nSPS) is 30.6. The van der Waals surface area contributed by atoms with Crippen LogP contribution < -0.4 is 4.90 Å². The molecule has 3 heteroatoms. The van der Waals surface area contributed by atoms with Crippen LogP contribution in [0.1, 0.15) is 19.3 Å². The van der Waals surface area contributed by atoms with Gasteiger partial charge in [0.05, 0.1) is 0 Å². The number of amides is 1. The minimum Gasteiger partial charge on any atom is -0.370 e. The fourth-order valence-electron chi connectivity index (χ4n) is 4.33. The zero-order valence-electron chi connectivity index (χ0n) is 13.0. The summed E-state index contributed by atoms with van der Waals surface area (Å²) in [6.07, 6.45) is 7.95. The monoisotopic (exact) mass is 296 g/mol. The number of hydrogen-bond acceptors (Lipinski definition) is 2. The van der Waals surface area contributed by atoms with E-state index < -0.39 is 0 Å². The molecule has 3 nitrogen and oxygen atoms in total. The molecule has 1 amide bonds. The molecule has 3 atom stereocenters. The summed E-state index contributed by atoms with van der Waals surface area (Å²) < 4.78 is 0. The number of carbonyl (C=O) groups excluding carboxylic acids is 1. The molecular weight excluding hydrogens is 272 g/mol. The maximum Gasteiger partial charge on any atom is 0.226 e. The summed E-state index contributed by atoms with van der Waals surface area (Å²) >= 11 is 0. The number of carbonyl (C=O) groups is 1. The van der Waals surface area contributed by atoms with Crippen molar-refractivity contribution < 1.29 is 4.79 Å². The Morgan fingerprint density at radius 3 is 2.55 bits per heavy atom. The zero-order chi connectivity index (χ0) is 14.9. The van der Waals surface area contributed by atoms with Gasteiger partial charge in [-0.1, -0.05) is 30.4 Å². The molecule has 2 fully saturated rings. The molecule has 116 valence electrons. The van der Waals surface area contributed by atoms with Gasteiger partial charge >= 0.3 is 0 Å². The van der Waals surface area contributed by atoms with Crippen molar-refractivity contribution in [1.82, 2.24) is 4.90 Å². The largest absolute Gasteiger partial charge is 0.370 e. The van der Waals surface area contributed by atoms with Crippen molar-refractivity contribution in [2.24, 2.45) is 17.8 Å². The van der Waals surface area contributed by atoms with Gasteiger partial charge in [0.15, 0.2) is 0 Å². The Morgan fingerprint density at radius 2 is 1.82 bits per heavy atom. The first-order chi connectivity index (χ1) is 10.8. The van der Waals surface area contributed by atoms with Gasteiger partial charge in [-0.05, 0) is 43.2 Å². The van der Waals surface area contributed by atoms with Crippen LogP contribution in [0.3, 0.4) is 0 Å². The highest BCUT2D eigenvalue weighted by molar-refractivity contribution is 5.80. The molecule has 0 aromatic heterocycles. The van der Waals surface area contributed by atoms with Gasteiger partial charge in [0.2, 0.25) is 5.91 Å². The molecule has 1 aromatic rings. The second kappa shape index (κ2) is 5.79. The van der Waals surface area contributed by atoms with Gasteiger partial charge in [-0.2, -0.15) is 0 Å². The summed E-state index contributed by atoms with van der Waals surface area (Å²) in [7, 11) is 0. The van der Waals surface area contributed by atoms with Crippen LogP contribution in [-0.2, 0) is 4.79 Å². The van der Waals surface area contributed by atoms with Crippen molar-refractivity contribution in [3.8, 4) is 0 Å². The Kier molecular flexibility index (Phi) is 3.65. The molecule has 2 aliphatic carbocycles. The number of anilines is 1. The van der Waals surface area contributed by atoms with Gasteiger partial charge in [-0.25, -0.2) is 0 Å². The SMILES string of the molecule is O=C([C@@H]1C[C@H]2C=C[C@H]1C2)N1CCCN(c2ccccc2)CC1. The molecule has 22 heavy (non-hydrogen) atoms. The van der Waals surface area contributed by atoms with E-state index in [4.69, 9.17) is 0 Å². The first-order valence-electron chi connectivity index (χ1n) is 8.58. The number of hydrogen-bond donors (Lipinski definition) is 0. The lowest BCUT2D eigenvalue weighted by molar-refractivity contribution is -0.136. The minimum atomic E-state index is 0.262.